The van der Waals surface area contributed by atoms with Gasteiger partial charge in [-0.2, -0.15) is 0 Å². The van der Waals surface area contributed by atoms with Crippen molar-refractivity contribution in [3.8, 4) is 44.5 Å². The first kappa shape index (κ1) is 37.8. The summed E-state index contributed by atoms with van der Waals surface area (Å²) in [7, 11) is 0. The van der Waals surface area contributed by atoms with E-state index in [-0.39, 0.29) is 0 Å². The van der Waals surface area contributed by atoms with Crippen LogP contribution in [0, 0.1) is 0 Å². The molecule has 0 atom stereocenters. The van der Waals surface area contributed by atoms with E-state index in [0.717, 1.165) is 46.1 Å². The van der Waals surface area contributed by atoms with Gasteiger partial charge in [0.2, 0.25) is 0 Å². The maximum absolute atomic E-state index is 2.43. The van der Waals surface area contributed by atoms with E-state index in [0.29, 0.717) is 0 Å². The van der Waals surface area contributed by atoms with Crippen molar-refractivity contribution in [3.05, 3.63) is 254 Å². The molecule has 0 saturated heterocycles. The molecule has 0 unspecified atom stereocenters. The molecule has 1 aliphatic rings. The molecule has 302 valence electrons. The summed E-state index contributed by atoms with van der Waals surface area (Å²) in [5.74, 6) is 0. The van der Waals surface area contributed by atoms with Gasteiger partial charge in [0, 0.05) is 54.3 Å². The summed E-state index contributed by atoms with van der Waals surface area (Å²) >= 11 is 1.86. The average Bonchev–Trinajstić information content (AvgIpc) is 3.93. The highest BCUT2D eigenvalue weighted by Gasteiger charge is 2.23. The minimum atomic E-state index is 0.956. The van der Waals surface area contributed by atoms with Crippen LogP contribution in [0.25, 0.3) is 64.7 Å². The summed E-state index contributed by atoms with van der Waals surface area (Å²) in [6.07, 6.45) is 0.956. The Morgan fingerprint density at radius 2 is 0.750 bits per heavy atom. The van der Waals surface area contributed by atoms with Gasteiger partial charge in [-0.1, -0.05) is 158 Å². The van der Waals surface area contributed by atoms with Crippen LogP contribution in [-0.2, 0) is 6.42 Å². The van der Waals surface area contributed by atoms with E-state index in [1.165, 1.54) is 70.2 Å². The highest BCUT2D eigenvalue weighted by atomic mass is 32.1. The van der Waals surface area contributed by atoms with E-state index in [1.807, 2.05) is 11.3 Å². The molecule has 0 bridgehead atoms. The minimum Gasteiger partial charge on any atom is -0.310 e. The first-order valence-electron chi connectivity index (χ1n) is 21.9. The Bertz CT molecular complexity index is 3360. The van der Waals surface area contributed by atoms with E-state index in [1.54, 1.807) is 0 Å². The number of benzene rings is 10. The standard InChI is InChI=1S/C61H42N2S/c1-4-14-42(15-5-1)44-24-30-51(31-25-44)62(52-32-26-45(27-33-52)43-16-6-2-7-17-43)54-37-49(46-29-35-61-59(39-46)57-22-12-13-23-60(57)64-61)38-55(40-54)63(50-19-8-3-9-20-50)53-34-28-48-36-47-18-10-11-21-56(47)58(48)41-53/h1-35,37-41H,36H2. The molecule has 0 aliphatic heterocycles. The topological polar surface area (TPSA) is 6.48 Å². The Kier molecular flexibility index (Phi) is 9.47. The lowest BCUT2D eigenvalue weighted by molar-refractivity contribution is 1.23. The van der Waals surface area contributed by atoms with Gasteiger partial charge in [-0.3, -0.25) is 0 Å². The van der Waals surface area contributed by atoms with Gasteiger partial charge >= 0.3 is 0 Å². The van der Waals surface area contributed by atoms with Crippen molar-refractivity contribution in [2.45, 2.75) is 6.42 Å². The molecule has 0 N–H and O–H groups in total. The van der Waals surface area contributed by atoms with Crippen molar-refractivity contribution in [3.63, 3.8) is 0 Å². The maximum atomic E-state index is 2.43. The van der Waals surface area contributed by atoms with E-state index >= 15 is 0 Å². The molecule has 0 saturated carbocycles. The van der Waals surface area contributed by atoms with Crippen LogP contribution in [0.3, 0.4) is 0 Å². The Labute approximate surface area is 378 Å². The van der Waals surface area contributed by atoms with Crippen molar-refractivity contribution in [1.29, 1.82) is 0 Å². The summed E-state index contributed by atoms with van der Waals surface area (Å²) in [5, 5.41) is 2.58. The lowest BCUT2D eigenvalue weighted by Crippen LogP contribution is -2.14. The molecule has 12 rings (SSSR count). The Hall–Kier alpha value is -7.98. The predicted molar refractivity (Wildman–Crippen MR) is 273 cm³/mol. The molecule has 1 aliphatic carbocycles. The fraction of sp³-hybridized carbons (Fsp3) is 0.0164. The largest absolute Gasteiger partial charge is 0.310 e. The van der Waals surface area contributed by atoms with Crippen LogP contribution in [0.1, 0.15) is 11.1 Å². The molecule has 0 amide bonds. The number of thiophene rings is 1. The third-order valence-corrected chi connectivity index (χ3v) is 13.8. The van der Waals surface area contributed by atoms with Gasteiger partial charge in [0.15, 0.2) is 0 Å². The fourth-order valence-corrected chi connectivity index (χ4v) is 10.6. The summed E-state index contributed by atoms with van der Waals surface area (Å²) in [5.41, 5.74) is 19.0. The minimum absolute atomic E-state index is 0.956. The molecule has 0 radical (unpaired) electrons. The molecule has 1 aromatic heterocycles. The first-order valence-corrected chi connectivity index (χ1v) is 22.8. The van der Waals surface area contributed by atoms with Crippen LogP contribution in [0.2, 0.25) is 0 Å². The molecular formula is C61H42N2S. The molecule has 64 heavy (non-hydrogen) atoms. The Balaban J connectivity index is 1.08. The van der Waals surface area contributed by atoms with Gasteiger partial charge in [0.1, 0.15) is 0 Å². The van der Waals surface area contributed by atoms with Gasteiger partial charge in [-0.15, -0.1) is 11.3 Å². The summed E-state index contributed by atoms with van der Waals surface area (Å²) in [6.45, 7) is 0. The zero-order chi connectivity index (χ0) is 42.4. The average molecular weight is 835 g/mol. The fourth-order valence-electron chi connectivity index (χ4n) is 9.52. The van der Waals surface area contributed by atoms with Gasteiger partial charge in [-0.05, 0) is 147 Å². The van der Waals surface area contributed by atoms with Crippen LogP contribution in [0.4, 0.5) is 34.1 Å². The number of fused-ring (bicyclic) bond motifs is 6. The quantitative estimate of drug-likeness (QED) is 0.143. The monoisotopic (exact) mass is 834 g/mol. The van der Waals surface area contributed by atoms with Gasteiger partial charge < -0.3 is 9.80 Å². The van der Waals surface area contributed by atoms with Gasteiger partial charge in [0.05, 0.1) is 0 Å². The van der Waals surface area contributed by atoms with E-state index in [4.69, 9.17) is 0 Å². The van der Waals surface area contributed by atoms with Crippen molar-refractivity contribution in [2.24, 2.45) is 0 Å². The van der Waals surface area contributed by atoms with Gasteiger partial charge in [0.25, 0.3) is 0 Å². The second-order valence-electron chi connectivity index (χ2n) is 16.6. The molecule has 2 nitrogen and oxygen atoms in total. The normalized spacial score (nSPS) is 11.7. The second-order valence-corrected chi connectivity index (χ2v) is 17.6. The highest BCUT2D eigenvalue weighted by molar-refractivity contribution is 7.25. The van der Waals surface area contributed by atoms with Crippen molar-refractivity contribution >= 4 is 65.6 Å². The lowest BCUT2D eigenvalue weighted by atomic mass is 9.99. The number of nitrogens with zero attached hydrogens (tertiary/aromatic N) is 2. The van der Waals surface area contributed by atoms with Crippen molar-refractivity contribution in [2.75, 3.05) is 9.80 Å². The number of hydrogen-bond acceptors (Lipinski definition) is 3. The van der Waals surface area contributed by atoms with Gasteiger partial charge in [-0.25, -0.2) is 0 Å². The molecule has 10 aromatic carbocycles. The number of anilines is 6. The molecule has 11 aromatic rings. The predicted octanol–water partition coefficient (Wildman–Crippen LogP) is 17.6. The molecule has 0 spiro atoms. The number of rotatable bonds is 9. The lowest BCUT2D eigenvalue weighted by Gasteiger charge is -2.31. The summed E-state index contributed by atoms with van der Waals surface area (Å²) in [4.78, 5) is 4.85. The van der Waals surface area contributed by atoms with Crippen LogP contribution in [-0.4, -0.2) is 0 Å². The van der Waals surface area contributed by atoms with E-state index < -0.39 is 0 Å². The molecule has 0 fully saturated rings. The molecule has 3 heteroatoms. The summed E-state index contributed by atoms with van der Waals surface area (Å²) in [6, 6.07) is 88.8. The maximum Gasteiger partial charge on any atom is 0.0488 e. The van der Waals surface area contributed by atoms with Crippen LogP contribution in [0.15, 0.2) is 243 Å². The van der Waals surface area contributed by atoms with E-state index in [2.05, 4.69) is 252 Å². The zero-order valence-corrected chi connectivity index (χ0v) is 35.9. The Morgan fingerprint density at radius 3 is 1.42 bits per heavy atom. The molecule has 1 heterocycles. The smallest absolute Gasteiger partial charge is 0.0488 e. The van der Waals surface area contributed by atoms with E-state index in [9.17, 15) is 0 Å². The zero-order valence-electron chi connectivity index (χ0n) is 35.1. The first-order chi connectivity index (χ1) is 31.7. The van der Waals surface area contributed by atoms with Crippen LogP contribution < -0.4 is 9.80 Å². The molecular weight excluding hydrogens is 793 g/mol. The van der Waals surface area contributed by atoms with Crippen LogP contribution in [0.5, 0.6) is 0 Å². The number of hydrogen-bond donors (Lipinski definition) is 0. The summed E-state index contributed by atoms with van der Waals surface area (Å²) < 4.78 is 2.60. The number of para-hydroxylation sites is 1. The van der Waals surface area contributed by atoms with Crippen LogP contribution >= 0.6 is 11.3 Å². The third-order valence-electron chi connectivity index (χ3n) is 12.6. The highest BCUT2D eigenvalue weighted by Crippen LogP contribution is 2.47. The SMILES string of the molecule is c1ccc(-c2ccc(N(c3ccc(-c4ccccc4)cc3)c3cc(-c4ccc5sc6ccccc6c5c4)cc(N(c4ccccc4)c4ccc5c(c4)-c4ccccc4C5)c3)cc2)cc1. The van der Waals surface area contributed by atoms with Crippen molar-refractivity contribution < 1.29 is 0 Å². The Morgan fingerprint density at radius 1 is 0.266 bits per heavy atom. The second kappa shape index (κ2) is 16.0. The third kappa shape index (κ3) is 6.93. The van der Waals surface area contributed by atoms with Crippen molar-refractivity contribution in [1.82, 2.24) is 0 Å².